The van der Waals surface area contributed by atoms with E-state index in [9.17, 15) is 5.26 Å². The minimum atomic E-state index is 0.880. The molecular weight excluding hydrogens is 242 g/mol. The highest BCUT2D eigenvalue weighted by molar-refractivity contribution is 5.45. The molecular formula is C19H29N. The predicted octanol–water partition coefficient (Wildman–Crippen LogP) is 5.72. The van der Waals surface area contributed by atoms with Crippen LogP contribution in [0.25, 0.3) is 0 Å². The predicted molar refractivity (Wildman–Crippen MR) is 87.0 cm³/mol. The van der Waals surface area contributed by atoms with Crippen molar-refractivity contribution in [2.75, 3.05) is 0 Å². The number of hydrogen-bond donors (Lipinski definition) is 0. The standard InChI is InChI=1S/C19H29N/c1-4-6-7-8-9-10-11-12-17-13-16(3)14-18(15-20)19(17)5-2/h13-14H,4-12H2,1-3H3. The molecule has 0 aliphatic rings. The van der Waals surface area contributed by atoms with E-state index in [4.69, 9.17) is 0 Å². The molecule has 0 unspecified atom stereocenters. The topological polar surface area (TPSA) is 23.8 Å². The summed E-state index contributed by atoms with van der Waals surface area (Å²) in [5.74, 6) is 0. The SMILES string of the molecule is CCCCCCCCCc1cc(C)cc(C#N)c1CC. The van der Waals surface area contributed by atoms with Gasteiger partial charge in [0.25, 0.3) is 0 Å². The van der Waals surface area contributed by atoms with Crippen LogP contribution in [-0.2, 0) is 12.8 Å². The minimum Gasteiger partial charge on any atom is -0.192 e. The van der Waals surface area contributed by atoms with Crippen LogP contribution in [0.5, 0.6) is 0 Å². The molecule has 0 saturated carbocycles. The largest absolute Gasteiger partial charge is 0.192 e. The first kappa shape index (κ1) is 16.8. The second-order valence-electron chi connectivity index (χ2n) is 5.79. The zero-order valence-corrected chi connectivity index (χ0v) is 13.5. The maximum Gasteiger partial charge on any atom is 0.0994 e. The van der Waals surface area contributed by atoms with E-state index in [1.807, 2.05) is 6.07 Å². The van der Waals surface area contributed by atoms with E-state index in [-0.39, 0.29) is 0 Å². The van der Waals surface area contributed by atoms with Gasteiger partial charge in [0.2, 0.25) is 0 Å². The third kappa shape index (κ3) is 5.37. The van der Waals surface area contributed by atoms with Crippen LogP contribution in [0.15, 0.2) is 12.1 Å². The Balaban J connectivity index is 2.47. The lowest BCUT2D eigenvalue weighted by molar-refractivity contribution is 0.588. The molecule has 1 heteroatoms. The Labute approximate surface area is 125 Å². The summed E-state index contributed by atoms with van der Waals surface area (Å²) in [6, 6.07) is 6.65. The number of aryl methyl sites for hydroxylation is 2. The van der Waals surface area contributed by atoms with Crippen molar-refractivity contribution in [1.82, 2.24) is 0 Å². The lowest BCUT2D eigenvalue weighted by atomic mass is 9.93. The summed E-state index contributed by atoms with van der Waals surface area (Å²) < 4.78 is 0. The summed E-state index contributed by atoms with van der Waals surface area (Å²) in [7, 11) is 0. The molecule has 0 radical (unpaired) electrons. The van der Waals surface area contributed by atoms with Gasteiger partial charge < -0.3 is 0 Å². The molecule has 0 aliphatic carbocycles. The number of unbranched alkanes of at least 4 members (excludes halogenated alkanes) is 6. The van der Waals surface area contributed by atoms with E-state index in [1.165, 1.54) is 61.6 Å². The van der Waals surface area contributed by atoms with E-state index in [1.54, 1.807) is 0 Å². The molecule has 0 amide bonds. The Morgan fingerprint density at radius 2 is 1.60 bits per heavy atom. The average molecular weight is 271 g/mol. The fourth-order valence-electron chi connectivity index (χ4n) is 2.90. The lowest BCUT2D eigenvalue weighted by Crippen LogP contribution is -1.98. The van der Waals surface area contributed by atoms with Gasteiger partial charge in [0.15, 0.2) is 0 Å². The van der Waals surface area contributed by atoms with Gasteiger partial charge in [-0.25, -0.2) is 0 Å². The van der Waals surface area contributed by atoms with Crippen molar-refractivity contribution in [2.24, 2.45) is 0 Å². The smallest absolute Gasteiger partial charge is 0.0994 e. The summed E-state index contributed by atoms with van der Waals surface area (Å²) >= 11 is 0. The van der Waals surface area contributed by atoms with Crippen molar-refractivity contribution in [3.63, 3.8) is 0 Å². The first-order chi connectivity index (χ1) is 9.72. The van der Waals surface area contributed by atoms with E-state index in [2.05, 4.69) is 32.9 Å². The zero-order chi connectivity index (χ0) is 14.8. The molecule has 1 rings (SSSR count). The Morgan fingerprint density at radius 1 is 0.950 bits per heavy atom. The molecule has 0 fully saturated rings. The molecule has 0 spiro atoms. The van der Waals surface area contributed by atoms with Gasteiger partial charge in [0, 0.05) is 0 Å². The Hall–Kier alpha value is -1.29. The maximum atomic E-state index is 9.24. The van der Waals surface area contributed by atoms with Crippen LogP contribution in [0.3, 0.4) is 0 Å². The number of hydrogen-bond acceptors (Lipinski definition) is 1. The fraction of sp³-hybridized carbons (Fsp3) is 0.632. The second-order valence-corrected chi connectivity index (χ2v) is 5.79. The summed E-state index contributed by atoms with van der Waals surface area (Å²) in [6.45, 7) is 6.51. The summed E-state index contributed by atoms with van der Waals surface area (Å²) in [5, 5.41) is 9.24. The quantitative estimate of drug-likeness (QED) is 0.527. The minimum absolute atomic E-state index is 0.880. The zero-order valence-electron chi connectivity index (χ0n) is 13.5. The van der Waals surface area contributed by atoms with Crippen LogP contribution in [0, 0.1) is 18.3 Å². The van der Waals surface area contributed by atoms with Crippen LogP contribution in [-0.4, -0.2) is 0 Å². The van der Waals surface area contributed by atoms with E-state index in [0.717, 1.165) is 18.4 Å². The van der Waals surface area contributed by atoms with Gasteiger partial charge >= 0.3 is 0 Å². The van der Waals surface area contributed by atoms with Crippen molar-refractivity contribution in [1.29, 1.82) is 5.26 Å². The third-order valence-electron chi connectivity index (χ3n) is 4.01. The van der Waals surface area contributed by atoms with Crippen LogP contribution in [0.4, 0.5) is 0 Å². The molecule has 1 aromatic carbocycles. The third-order valence-corrected chi connectivity index (χ3v) is 4.01. The van der Waals surface area contributed by atoms with Crippen molar-refractivity contribution < 1.29 is 0 Å². The highest BCUT2D eigenvalue weighted by Gasteiger charge is 2.07. The number of nitriles is 1. The van der Waals surface area contributed by atoms with Crippen molar-refractivity contribution in [3.05, 3.63) is 34.4 Å². The summed E-state index contributed by atoms with van der Waals surface area (Å²) in [5.41, 5.74) is 4.77. The van der Waals surface area contributed by atoms with Gasteiger partial charge in [0.1, 0.15) is 0 Å². The van der Waals surface area contributed by atoms with Crippen LogP contribution < -0.4 is 0 Å². The molecule has 0 aliphatic heterocycles. The summed E-state index contributed by atoms with van der Waals surface area (Å²) in [4.78, 5) is 0. The Bertz CT molecular complexity index is 440. The number of benzene rings is 1. The fourth-order valence-corrected chi connectivity index (χ4v) is 2.90. The first-order valence-corrected chi connectivity index (χ1v) is 8.25. The monoisotopic (exact) mass is 271 g/mol. The van der Waals surface area contributed by atoms with Gasteiger partial charge in [-0.2, -0.15) is 5.26 Å². The molecule has 110 valence electrons. The molecule has 0 N–H and O–H groups in total. The molecule has 1 aromatic rings. The molecule has 0 heterocycles. The van der Waals surface area contributed by atoms with Gasteiger partial charge in [-0.3, -0.25) is 0 Å². The summed E-state index contributed by atoms with van der Waals surface area (Å²) in [6.07, 6.45) is 11.5. The highest BCUT2D eigenvalue weighted by Crippen LogP contribution is 2.20. The van der Waals surface area contributed by atoms with Gasteiger partial charge in [-0.15, -0.1) is 0 Å². The average Bonchev–Trinajstić information content (AvgIpc) is 2.45. The van der Waals surface area contributed by atoms with Gasteiger partial charge in [0.05, 0.1) is 11.6 Å². The van der Waals surface area contributed by atoms with Crippen LogP contribution in [0.2, 0.25) is 0 Å². The molecule has 0 atom stereocenters. The van der Waals surface area contributed by atoms with Crippen LogP contribution in [0.1, 0.15) is 81.0 Å². The van der Waals surface area contributed by atoms with E-state index in [0.29, 0.717) is 0 Å². The number of rotatable bonds is 9. The first-order valence-electron chi connectivity index (χ1n) is 8.25. The maximum absolute atomic E-state index is 9.24. The van der Waals surface area contributed by atoms with Crippen LogP contribution >= 0.6 is 0 Å². The molecule has 0 bridgehead atoms. The van der Waals surface area contributed by atoms with Crippen molar-refractivity contribution in [2.45, 2.75) is 78.6 Å². The second kappa shape index (κ2) is 9.59. The molecule has 0 aromatic heterocycles. The van der Waals surface area contributed by atoms with Crippen molar-refractivity contribution >= 4 is 0 Å². The van der Waals surface area contributed by atoms with Gasteiger partial charge in [-0.1, -0.05) is 58.4 Å². The molecule has 0 saturated heterocycles. The van der Waals surface area contributed by atoms with E-state index < -0.39 is 0 Å². The molecule has 20 heavy (non-hydrogen) atoms. The normalized spacial score (nSPS) is 10.5. The van der Waals surface area contributed by atoms with Gasteiger partial charge in [-0.05, 0) is 48.9 Å². The van der Waals surface area contributed by atoms with Crippen molar-refractivity contribution in [3.8, 4) is 6.07 Å². The Morgan fingerprint density at radius 3 is 2.20 bits per heavy atom. The molecule has 1 nitrogen and oxygen atoms in total. The van der Waals surface area contributed by atoms with E-state index >= 15 is 0 Å². The number of nitrogens with zero attached hydrogens (tertiary/aromatic N) is 1. The Kier molecular flexibility index (Phi) is 8.04. The highest BCUT2D eigenvalue weighted by atomic mass is 14.3. The lowest BCUT2D eigenvalue weighted by Gasteiger charge is -2.11.